The van der Waals surface area contributed by atoms with Crippen molar-refractivity contribution in [1.29, 1.82) is 0 Å². The molecule has 2 N–H and O–H groups in total. The van der Waals surface area contributed by atoms with Crippen LogP contribution in [0.3, 0.4) is 0 Å². The third-order valence-electron chi connectivity index (χ3n) is 2.81. The van der Waals surface area contributed by atoms with Gasteiger partial charge in [0.25, 0.3) is 0 Å². The van der Waals surface area contributed by atoms with E-state index in [1.807, 2.05) is 13.8 Å². The minimum atomic E-state index is -0.932. The maximum atomic E-state index is 12.2. The number of aliphatic carboxylic acids is 1. The molecule has 0 spiro atoms. The van der Waals surface area contributed by atoms with Crippen molar-refractivity contribution >= 4 is 17.7 Å². The molecule has 0 radical (unpaired) electrons. The zero-order valence-electron chi connectivity index (χ0n) is 11.8. The van der Waals surface area contributed by atoms with E-state index < -0.39 is 5.97 Å². The molecule has 0 atom stereocenters. The van der Waals surface area contributed by atoms with Gasteiger partial charge in [0, 0.05) is 18.3 Å². The molecule has 2 amide bonds. The summed E-state index contributed by atoms with van der Waals surface area (Å²) >= 11 is 0. The van der Waals surface area contributed by atoms with E-state index in [-0.39, 0.29) is 18.5 Å². The summed E-state index contributed by atoms with van der Waals surface area (Å²) in [5.41, 5.74) is 1.10. The van der Waals surface area contributed by atoms with Gasteiger partial charge in [-0.25, -0.2) is 4.79 Å². The Morgan fingerprint density at radius 2 is 2.05 bits per heavy atom. The van der Waals surface area contributed by atoms with Crippen LogP contribution in [0.25, 0.3) is 0 Å². The average Bonchev–Trinajstić information content (AvgIpc) is 2.37. The van der Waals surface area contributed by atoms with Crippen molar-refractivity contribution in [3.05, 3.63) is 42.5 Å². The van der Waals surface area contributed by atoms with Gasteiger partial charge in [0.15, 0.2) is 0 Å². The van der Waals surface area contributed by atoms with Crippen LogP contribution in [-0.4, -0.2) is 34.6 Å². The number of hydrogen-bond donors (Lipinski definition) is 2. The Labute approximate surface area is 118 Å². The van der Waals surface area contributed by atoms with E-state index >= 15 is 0 Å². The van der Waals surface area contributed by atoms with Crippen LogP contribution in [0.2, 0.25) is 0 Å². The number of hydrogen-bond acceptors (Lipinski definition) is 2. The Morgan fingerprint density at radius 3 is 2.60 bits per heavy atom. The first-order valence-electron chi connectivity index (χ1n) is 6.44. The standard InChI is InChI=1S/C15H20N2O3/c1-4-9-17(11(2)3)15(20)16-13-8-6-5-7-12(13)10-14(18)19/h4-8,11H,1,9-10H2,2-3H3,(H,16,20)(H,18,19). The highest BCUT2D eigenvalue weighted by atomic mass is 16.4. The Kier molecular flexibility index (Phi) is 5.77. The summed E-state index contributed by atoms with van der Waals surface area (Å²) in [7, 11) is 0. The van der Waals surface area contributed by atoms with Gasteiger partial charge in [-0.3, -0.25) is 4.79 Å². The van der Waals surface area contributed by atoms with E-state index in [0.717, 1.165) is 0 Å². The molecule has 20 heavy (non-hydrogen) atoms. The number of nitrogens with zero attached hydrogens (tertiary/aromatic N) is 1. The van der Waals surface area contributed by atoms with Gasteiger partial charge < -0.3 is 15.3 Å². The molecule has 1 aromatic rings. The van der Waals surface area contributed by atoms with Crippen molar-refractivity contribution in [1.82, 2.24) is 4.90 Å². The fraction of sp³-hybridized carbons (Fsp3) is 0.333. The maximum absolute atomic E-state index is 12.2. The van der Waals surface area contributed by atoms with Crippen LogP contribution in [0.4, 0.5) is 10.5 Å². The van der Waals surface area contributed by atoms with Crippen molar-refractivity contribution in [2.24, 2.45) is 0 Å². The fourth-order valence-electron chi connectivity index (χ4n) is 1.81. The number of benzene rings is 1. The summed E-state index contributed by atoms with van der Waals surface area (Å²) < 4.78 is 0. The molecule has 108 valence electrons. The maximum Gasteiger partial charge on any atom is 0.322 e. The quantitative estimate of drug-likeness (QED) is 0.785. The Hall–Kier alpha value is -2.30. The van der Waals surface area contributed by atoms with Crippen LogP contribution in [0.1, 0.15) is 19.4 Å². The topological polar surface area (TPSA) is 69.6 Å². The van der Waals surface area contributed by atoms with E-state index in [0.29, 0.717) is 17.8 Å². The summed E-state index contributed by atoms with van der Waals surface area (Å²) in [6.07, 6.45) is 1.53. The molecule has 0 aliphatic heterocycles. The number of para-hydroxylation sites is 1. The van der Waals surface area contributed by atoms with Crippen LogP contribution < -0.4 is 5.32 Å². The molecule has 0 saturated carbocycles. The van der Waals surface area contributed by atoms with Gasteiger partial charge in [0.05, 0.1) is 6.42 Å². The van der Waals surface area contributed by atoms with Crippen molar-refractivity contribution in [2.45, 2.75) is 26.3 Å². The number of anilines is 1. The third kappa shape index (κ3) is 4.42. The smallest absolute Gasteiger partial charge is 0.322 e. The molecule has 0 bridgehead atoms. The predicted molar refractivity (Wildman–Crippen MR) is 78.8 cm³/mol. The number of amides is 2. The number of carbonyl (C=O) groups is 2. The minimum Gasteiger partial charge on any atom is -0.481 e. The molecule has 0 fully saturated rings. The lowest BCUT2D eigenvalue weighted by atomic mass is 10.1. The van der Waals surface area contributed by atoms with E-state index in [1.54, 1.807) is 35.2 Å². The van der Waals surface area contributed by atoms with Gasteiger partial charge in [0.2, 0.25) is 0 Å². The van der Waals surface area contributed by atoms with Gasteiger partial charge in [-0.05, 0) is 25.5 Å². The molecule has 0 unspecified atom stereocenters. The zero-order chi connectivity index (χ0) is 15.1. The van der Waals surface area contributed by atoms with Gasteiger partial charge in [-0.2, -0.15) is 0 Å². The average molecular weight is 276 g/mol. The largest absolute Gasteiger partial charge is 0.481 e. The highest BCUT2D eigenvalue weighted by Gasteiger charge is 2.17. The lowest BCUT2D eigenvalue weighted by molar-refractivity contribution is -0.136. The third-order valence-corrected chi connectivity index (χ3v) is 2.81. The van der Waals surface area contributed by atoms with E-state index in [4.69, 9.17) is 5.11 Å². The highest BCUT2D eigenvalue weighted by Crippen LogP contribution is 2.17. The molecule has 0 aliphatic rings. The second kappa shape index (κ2) is 7.33. The summed E-state index contributed by atoms with van der Waals surface area (Å²) in [5, 5.41) is 11.6. The Balaban J connectivity index is 2.89. The van der Waals surface area contributed by atoms with Crippen LogP contribution >= 0.6 is 0 Å². The number of carboxylic acids is 1. The van der Waals surface area contributed by atoms with E-state index in [9.17, 15) is 9.59 Å². The Bertz CT molecular complexity index is 498. The lowest BCUT2D eigenvalue weighted by Gasteiger charge is -2.26. The monoisotopic (exact) mass is 276 g/mol. The molecule has 0 aromatic heterocycles. The minimum absolute atomic E-state index is 0.0274. The normalized spacial score (nSPS) is 10.2. The first kappa shape index (κ1) is 15.8. The van der Waals surface area contributed by atoms with Gasteiger partial charge in [0.1, 0.15) is 0 Å². The first-order chi connectivity index (χ1) is 9.45. The molecule has 0 heterocycles. The summed E-state index contributed by atoms with van der Waals surface area (Å²) in [4.78, 5) is 24.6. The SMILES string of the molecule is C=CCN(C(=O)Nc1ccccc1CC(=O)O)C(C)C. The summed E-state index contributed by atoms with van der Waals surface area (Å²) in [6, 6.07) is 6.66. The molecular formula is C15H20N2O3. The van der Waals surface area contributed by atoms with Crippen molar-refractivity contribution in [3.63, 3.8) is 0 Å². The molecule has 0 aliphatic carbocycles. The van der Waals surface area contributed by atoms with Crippen molar-refractivity contribution < 1.29 is 14.7 Å². The molecule has 5 heteroatoms. The second-order valence-corrected chi connectivity index (χ2v) is 4.69. The summed E-state index contributed by atoms with van der Waals surface area (Å²) in [6.45, 7) is 7.88. The molecule has 0 saturated heterocycles. The van der Waals surface area contributed by atoms with E-state index in [2.05, 4.69) is 11.9 Å². The van der Waals surface area contributed by atoms with Crippen molar-refractivity contribution in [2.75, 3.05) is 11.9 Å². The zero-order valence-corrected chi connectivity index (χ0v) is 11.8. The van der Waals surface area contributed by atoms with E-state index in [1.165, 1.54) is 0 Å². The molecule has 1 rings (SSSR count). The number of nitrogens with one attached hydrogen (secondary N) is 1. The number of carbonyl (C=O) groups excluding carboxylic acids is 1. The fourth-order valence-corrected chi connectivity index (χ4v) is 1.81. The van der Waals surface area contributed by atoms with Gasteiger partial charge in [-0.1, -0.05) is 24.3 Å². The predicted octanol–water partition coefficient (Wildman–Crippen LogP) is 2.74. The van der Waals surface area contributed by atoms with Crippen LogP contribution in [0, 0.1) is 0 Å². The summed E-state index contributed by atoms with van der Waals surface area (Å²) in [5.74, 6) is -0.932. The molecular weight excluding hydrogens is 256 g/mol. The number of rotatable bonds is 6. The second-order valence-electron chi connectivity index (χ2n) is 4.69. The van der Waals surface area contributed by atoms with Gasteiger partial charge in [-0.15, -0.1) is 6.58 Å². The molecule has 5 nitrogen and oxygen atoms in total. The highest BCUT2D eigenvalue weighted by molar-refractivity contribution is 5.91. The van der Waals surface area contributed by atoms with Gasteiger partial charge >= 0.3 is 12.0 Å². The lowest BCUT2D eigenvalue weighted by Crippen LogP contribution is -2.40. The Morgan fingerprint density at radius 1 is 1.40 bits per heavy atom. The van der Waals surface area contributed by atoms with Crippen LogP contribution in [0.5, 0.6) is 0 Å². The first-order valence-corrected chi connectivity index (χ1v) is 6.44. The van der Waals surface area contributed by atoms with Crippen molar-refractivity contribution in [3.8, 4) is 0 Å². The van der Waals surface area contributed by atoms with Crippen LogP contribution in [-0.2, 0) is 11.2 Å². The number of carboxylic acid groups (broad SMARTS) is 1. The molecule has 1 aromatic carbocycles. The number of urea groups is 1. The van der Waals surface area contributed by atoms with Crippen LogP contribution in [0.15, 0.2) is 36.9 Å².